The molecule has 26 heavy (non-hydrogen) atoms. The fourth-order valence-electron chi connectivity index (χ4n) is 4.99. The minimum absolute atomic E-state index is 0.0775. The second-order valence-electron chi connectivity index (χ2n) is 8.19. The van der Waals surface area contributed by atoms with Crippen LogP contribution in [0.2, 0.25) is 5.02 Å². The molecule has 1 aromatic rings. The third-order valence-electron chi connectivity index (χ3n) is 6.55. The Morgan fingerprint density at radius 1 is 1.46 bits per heavy atom. The Balaban J connectivity index is 1.76. The smallest absolute Gasteiger partial charge is 0.327 e. The number of nitrogens with zero attached hydrogens (tertiary/aromatic N) is 2. The van der Waals surface area contributed by atoms with E-state index in [4.69, 9.17) is 16.3 Å². The summed E-state index contributed by atoms with van der Waals surface area (Å²) in [6.45, 7) is 8.80. The van der Waals surface area contributed by atoms with E-state index >= 15 is 0 Å². The Kier molecular flexibility index (Phi) is 5.33. The molecule has 2 aliphatic carbocycles. The van der Waals surface area contributed by atoms with Crippen LogP contribution in [0.15, 0.2) is 11.0 Å². The predicted molar refractivity (Wildman–Crippen MR) is 101 cm³/mol. The molecule has 0 spiro atoms. The van der Waals surface area contributed by atoms with E-state index in [2.05, 4.69) is 31.2 Å². The third-order valence-corrected chi connectivity index (χ3v) is 6.92. The van der Waals surface area contributed by atoms with Crippen molar-refractivity contribution in [2.75, 3.05) is 11.9 Å². The molecule has 2 fully saturated rings. The van der Waals surface area contributed by atoms with E-state index in [1.54, 1.807) is 6.92 Å². The van der Waals surface area contributed by atoms with Crippen molar-refractivity contribution in [1.82, 2.24) is 9.78 Å². The average Bonchev–Trinajstić information content (AvgIpc) is 2.75. The number of fused-ring (bicyclic) bond motifs is 2. The van der Waals surface area contributed by atoms with Crippen LogP contribution in [-0.4, -0.2) is 28.4 Å². The summed E-state index contributed by atoms with van der Waals surface area (Å²) >= 11 is 6.28. The first-order chi connectivity index (χ1) is 12.3. The van der Waals surface area contributed by atoms with Gasteiger partial charge < -0.3 is 10.1 Å². The van der Waals surface area contributed by atoms with Gasteiger partial charge in [0.1, 0.15) is 11.6 Å². The summed E-state index contributed by atoms with van der Waals surface area (Å²) in [5, 5.41) is 7.63. The molecule has 6 nitrogen and oxygen atoms in total. The summed E-state index contributed by atoms with van der Waals surface area (Å²) < 4.78 is 5.90. The molecule has 0 amide bonds. The lowest BCUT2D eigenvalue weighted by atomic mass is 9.62. The standard InChI is InChI=1S/C19H28ClN3O3/c1-5-26-16(24)10-23-18(25)17(20)15(9-21-23)22-14-8-12-6-7-13(11(14)2)19(12,3)4/h9,11-14,22H,5-8,10H2,1-4H3/t11-,12+,13-,14-/m1/s1. The first kappa shape index (κ1) is 19.2. The van der Waals surface area contributed by atoms with Gasteiger partial charge in [-0.15, -0.1) is 0 Å². The molecule has 7 heteroatoms. The molecule has 2 aliphatic rings. The molecule has 0 aliphatic heterocycles. The Hall–Kier alpha value is -1.56. The van der Waals surface area contributed by atoms with Crippen molar-refractivity contribution in [2.24, 2.45) is 23.2 Å². The van der Waals surface area contributed by atoms with Gasteiger partial charge in [-0.2, -0.15) is 5.10 Å². The number of carbonyl (C=O) groups excluding carboxylic acids is 1. The van der Waals surface area contributed by atoms with Gasteiger partial charge in [0.25, 0.3) is 5.56 Å². The van der Waals surface area contributed by atoms with Crippen molar-refractivity contribution in [3.05, 3.63) is 21.6 Å². The molecular weight excluding hydrogens is 354 g/mol. The zero-order chi connectivity index (χ0) is 19.1. The molecular formula is C19H28ClN3O3. The highest BCUT2D eigenvalue weighted by Gasteiger charge is 2.51. The largest absolute Gasteiger partial charge is 0.465 e. The Morgan fingerprint density at radius 2 is 2.19 bits per heavy atom. The van der Waals surface area contributed by atoms with E-state index in [1.165, 1.54) is 19.0 Å². The van der Waals surface area contributed by atoms with Gasteiger partial charge >= 0.3 is 5.97 Å². The third kappa shape index (κ3) is 3.36. The van der Waals surface area contributed by atoms with Gasteiger partial charge in [-0.05, 0) is 49.4 Å². The number of halogens is 1. The maximum absolute atomic E-state index is 12.4. The normalized spacial score (nSPS) is 29.4. The van der Waals surface area contributed by atoms with E-state index in [-0.39, 0.29) is 24.2 Å². The predicted octanol–water partition coefficient (Wildman–Crippen LogP) is 3.33. The number of aromatic nitrogens is 2. The van der Waals surface area contributed by atoms with E-state index in [1.807, 2.05) is 0 Å². The van der Waals surface area contributed by atoms with E-state index in [9.17, 15) is 9.59 Å². The minimum Gasteiger partial charge on any atom is -0.465 e. The number of hydrogen-bond donors (Lipinski definition) is 1. The van der Waals surface area contributed by atoms with Crippen LogP contribution in [0, 0.1) is 23.2 Å². The molecule has 0 radical (unpaired) electrons. The van der Waals surface area contributed by atoms with Gasteiger partial charge in [0.05, 0.1) is 18.5 Å². The van der Waals surface area contributed by atoms with E-state index in [0.717, 1.165) is 11.1 Å². The minimum atomic E-state index is -0.501. The number of anilines is 1. The number of carbonyl (C=O) groups is 1. The van der Waals surface area contributed by atoms with Gasteiger partial charge in [0.2, 0.25) is 0 Å². The molecule has 3 rings (SSSR count). The second-order valence-corrected chi connectivity index (χ2v) is 8.57. The van der Waals surface area contributed by atoms with Gasteiger partial charge in [0, 0.05) is 6.04 Å². The molecule has 0 unspecified atom stereocenters. The molecule has 1 heterocycles. The zero-order valence-electron chi connectivity index (χ0n) is 15.9. The lowest BCUT2D eigenvalue weighted by Gasteiger charge is -2.46. The molecule has 144 valence electrons. The maximum atomic E-state index is 12.4. The van der Waals surface area contributed by atoms with Gasteiger partial charge in [-0.1, -0.05) is 32.4 Å². The summed E-state index contributed by atoms with van der Waals surface area (Å²) in [4.78, 5) is 24.0. The second kappa shape index (κ2) is 7.22. The number of ether oxygens (including phenoxy) is 1. The Bertz CT molecular complexity index is 746. The van der Waals surface area contributed by atoms with Crippen molar-refractivity contribution >= 4 is 23.3 Å². The quantitative estimate of drug-likeness (QED) is 0.792. The highest BCUT2D eigenvalue weighted by molar-refractivity contribution is 6.32. The van der Waals surface area contributed by atoms with Crippen LogP contribution in [0.1, 0.15) is 47.0 Å². The van der Waals surface area contributed by atoms with Crippen LogP contribution >= 0.6 is 11.6 Å². The lowest BCUT2D eigenvalue weighted by molar-refractivity contribution is -0.144. The SMILES string of the molecule is CCOC(=O)Cn1ncc(N[C@@H]2C[C@@H]3CC[C@H]([C@H]2C)C3(C)C)c(Cl)c1=O. The van der Waals surface area contributed by atoms with Crippen LogP contribution in [-0.2, 0) is 16.1 Å². The van der Waals surface area contributed by atoms with E-state index in [0.29, 0.717) is 28.9 Å². The molecule has 2 bridgehead atoms. The monoisotopic (exact) mass is 381 g/mol. The summed E-state index contributed by atoms with van der Waals surface area (Å²) in [7, 11) is 0. The number of nitrogens with one attached hydrogen (secondary N) is 1. The van der Waals surface area contributed by atoms with Crippen LogP contribution in [0.25, 0.3) is 0 Å². The fraction of sp³-hybridized carbons (Fsp3) is 0.737. The van der Waals surface area contributed by atoms with Crippen molar-refractivity contribution < 1.29 is 9.53 Å². The summed E-state index contributed by atoms with van der Waals surface area (Å²) in [5.74, 6) is 1.37. The molecule has 1 N–H and O–H groups in total. The number of esters is 1. The first-order valence-electron chi connectivity index (χ1n) is 9.43. The van der Waals surface area contributed by atoms with Crippen molar-refractivity contribution in [3.8, 4) is 0 Å². The molecule has 4 atom stereocenters. The summed E-state index contributed by atoms with van der Waals surface area (Å²) in [5.41, 5.74) is 0.451. The van der Waals surface area contributed by atoms with Gasteiger partial charge in [-0.25, -0.2) is 4.68 Å². The Morgan fingerprint density at radius 3 is 2.88 bits per heavy atom. The lowest BCUT2D eigenvalue weighted by Crippen LogP contribution is -2.45. The number of hydrogen-bond acceptors (Lipinski definition) is 5. The Labute approximate surface area is 159 Å². The summed E-state index contributed by atoms with van der Waals surface area (Å²) in [6, 6.07) is 0.278. The fourth-order valence-corrected chi connectivity index (χ4v) is 5.19. The van der Waals surface area contributed by atoms with Gasteiger partial charge in [0.15, 0.2) is 0 Å². The van der Waals surface area contributed by atoms with Crippen molar-refractivity contribution in [3.63, 3.8) is 0 Å². The summed E-state index contributed by atoms with van der Waals surface area (Å²) in [6.07, 6.45) is 5.15. The average molecular weight is 382 g/mol. The topological polar surface area (TPSA) is 73.2 Å². The molecule has 1 aromatic heterocycles. The van der Waals surface area contributed by atoms with Crippen LogP contribution in [0.5, 0.6) is 0 Å². The molecule has 2 saturated carbocycles. The van der Waals surface area contributed by atoms with E-state index < -0.39 is 11.5 Å². The maximum Gasteiger partial charge on any atom is 0.327 e. The highest BCUT2D eigenvalue weighted by Crippen LogP contribution is 2.57. The van der Waals surface area contributed by atoms with Crippen LogP contribution in [0.4, 0.5) is 5.69 Å². The van der Waals surface area contributed by atoms with Gasteiger partial charge in [-0.3, -0.25) is 9.59 Å². The van der Waals surface area contributed by atoms with Crippen molar-refractivity contribution in [1.29, 1.82) is 0 Å². The first-order valence-corrected chi connectivity index (χ1v) is 9.81. The molecule has 0 saturated heterocycles. The van der Waals surface area contributed by atoms with Crippen LogP contribution < -0.4 is 10.9 Å². The highest BCUT2D eigenvalue weighted by atomic mass is 35.5. The van der Waals surface area contributed by atoms with Crippen molar-refractivity contribution in [2.45, 2.75) is 59.5 Å². The molecule has 0 aromatic carbocycles. The van der Waals surface area contributed by atoms with Crippen LogP contribution in [0.3, 0.4) is 0 Å². The number of rotatable bonds is 5. The zero-order valence-corrected chi connectivity index (χ0v) is 16.7.